The Labute approximate surface area is 125 Å². The number of benzene rings is 2. The van der Waals surface area contributed by atoms with Crippen LogP contribution in [-0.4, -0.2) is 0 Å². The molecule has 0 aromatic heterocycles. The number of alkyl halides is 1. The van der Waals surface area contributed by atoms with E-state index in [0.29, 0.717) is 10.0 Å². The van der Waals surface area contributed by atoms with E-state index in [-0.39, 0.29) is 0 Å². The van der Waals surface area contributed by atoms with E-state index in [2.05, 4.69) is 40.2 Å². The molecule has 0 atom stereocenters. The van der Waals surface area contributed by atoms with Crippen LogP contribution in [0.2, 0.25) is 10.0 Å². The first-order valence-corrected chi connectivity index (χ1v) is 7.35. The molecule has 2 aromatic rings. The first kappa shape index (κ1) is 13.7. The molecule has 0 bridgehead atoms. The van der Waals surface area contributed by atoms with Gasteiger partial charge in [0.25, 0.3) is 0 Å². The van der Waals surface area contributed by atoms with E-state index in [9.17, 15) is 0 Å². The topological polar surface area (TPSA) is 0 Å². The van der Waals surface area contributed by atoms with Crippen LogP contribution in [0, 0.1) is 0 Å². The van der Waals surface area contributed by atoms with Gasteiger partial charge >= 0.3 is 0 Å². The van der Waals surface area contributed by atoms with Crippen LogP contribution in [-0.2, 0) is 5.33 Å². The van der Waals surface area contributed by atoms with Crippen molar-refractivity contribution in [1.29, 1.82) is 0 Å². The zero-order valence-electron chi connectivity index (χ0n) is 9.54. The number of halogens is 3. The number of hydrogen-bond acceptors (Lipinski definition) is 0. The maximum Gasteiger partial charge on any atom is 0.0493 e. The molecule has 0 unspecified atom stereocenters. The van der Waals surface area contributed by atoms with Crippen molar-refractivity contribution in [1.82, 2.24) is 0 Å². The van der Waals surface area contributed by atoms with Gasteiger partial charge in [0.05, 0.1) is 0 Å². The van der Waals surface area contributed by atoms with Gasteiger partial charge in [-0.05, 0) is 28.8 Å². The smallest absolute Gasteiger partial charge is 0.0493 e. The summed E-state index contributed by atoms with van der Waals surface area (Å²) in [5.41, 5.74) is 3.37. The highest BCUT2D eigenvalue weighted by Gasteiger charge is 1.97. The largest absolute Gasteiger partial charge is 0.0876 e. The summed E-state index contributed by atoms with van der Waals surface area (Å²) in [6, 6.07) is 13.8. The van der Waals surface area contributed by atoms with Gasteiger partial charge in [-0.3, -0.25) is 0 Å². The highest BCUT2D eigenvalue weighted by atomic mass is 79.9. The van der Waals surface area contributed by atoms with Gasteiger partial charge in [-0.15, -0.1) is 0 Å². The van der Waals surface area contributed by atoms with E-state index in [1.165, 1.54) is 5.56 Å². The summed E-state index contributed by atoms with van der Waals surface area (Å²) in [5.74, 6) is 0. The van der Waals surface area contributed by atoms with Gasteiger partial charge in [0, 0.05) is 15.4 Å². The Kier molecular flexibility index (Phi) is 4.87. The molecule has 0 heterocycles. The fourth-order valence-corrected chi connectivity index (χ4v) is 2.39. The molecule has 18 heavy (non-hydrogen) atoms. The molecular weight excluding hydrogens is 331 g/mol. The molecule has 0 N–H and O–H groups in total. The molecule has 0 nitrogen and oxygen atoms in total. The van der Waals surface area contributed by atoms with Crippen LogP contribution >= 0.6 is 39.1 Å². The average Bonchev–Trinajstić information content (AvgIpc) is 2.38. The summed E-state index contributed by atoms with van der Waals surface area (Å²) < 4.78 is 0. The van der Waals surface area contributed by atoms with Crippen LogP contribution in [0.15, 0.2) is 42.5 Å². The van der Waals surface area contributed by atoms with Gasteiger partial charge in [0.1, 0.15) is 0 Å². The van der Waals surface area contributed by atoms with Crippen LogP contribution in [0.3, 0.4) is 0 Å². The van der Waals surface area contributed by atoms with Crippen molar-refractivity contribution in [3.8, 4) is 0 Å². The third kappa shape index (κ3) is 3.61. The van der Waals surface area contributed by atoms with Gasteiger partial charge in [-0.2, -0.15) is 0 Å². The van der Waals surface area contributed by atoms with E-state index in [1.807, 2.05) is 24.3 Å². The summed E-state index contributed by atoms with van der Waals surface area (Å²) in [5, 5.41) is 2.19. The first-order valence-electron chi connectivity index (χ1n) is 5.47. The fraction of sp³-hybridized carbons (Fsp3) is 0.0667. The summed E-state index contributed by atoms with van der Waals surface area (Å²) >= 11 is 15.4. The second kappa shape index (κ2) is 6.42. The molecule has 0 aliphatic rings. The summed E-state index contributed by atoms with van der Waals surface area (Å²) in [6.45, 7) is 0. The van der Waals surface area contributed by atoms with Crippen molar-refractivity contribution in [2.75, 3.05) is 0 Å². The highest BCUT2D eigenvalue weighted by molar-refractivity contribution is 9.08. The minimum atomic E-state index is 0.652. The third-order valence-electron chi connectivity index (χ3n) is 2.55. The second-order valence-electron chi connectivity index (χ2n) is 3.87. The van der Waals surface area contributed by atoms with Crippen molar-refractivity contribution in [3.05, 3.63) is 69.2 Å². The molecule has 3 heteroatoms. The Morgan fingerprint density at radius 1 is 0.944 bits per heavy atom. The maximum absolute atomic E-state index is 6.10. The number of rotatable bonds is 3. The lowest BCUT2D eigenvalue weighted by Crippen LogP contribution is -1.78. The highest BCUT2D eigenvalue weighted by Crippen LogP contribution is 2.23. The molecule has 2 aromatic carbocycles. The predicted octanol–water partition coefficient (Wildman–Crippen LogP) is 6.06. The molecular formula is C15H11BrCl2. The third-order valence-corrected chi connectivity index (χ3v) is 3.76. The Morgan fingerprint density at radius 3 is 2.28 bits per heavy atom. The molecule has 2 rings (SSSR count). The van der Waals surface area contributed by atoms with E-state index < -0.39 is 0 Å². The second-order valence-corrected chi connectivity index (χ2v) is 5.28. The van der Waals surface area contributed by atoms with E-state index in [0.717, 1.165) is 16.5 Å². The lowest BCUT2D eigenvalue weighted by molar-refractivity contribution is 1.43. The van der Waals surface area contributed by atoms with Gasteiger partial charge in [0.15, 0.2) is 0 Å². The van der Waals surface area contributed by atoms with Crippen LogP contribution in [0.25, 0.3) is 12.2 Å². The van der Waals surface area contributed by atoms with Crippen LogP contribution < -0.4 is 0 Å². The zero-order valence-corrected chi connectivity index (χ0v) is 12.6. The Hall–Kier alpha value is -0.760. The average molecular weight is 342 g/mol. The summed E-state index contributed by atoms with van der Waals surface area (Å²) in [7, 11) is 0. The molecule has 0 saturated carbocycles. The van der Waals surface area contributed by atoms with E-state index >= 15 is 0 Å². The minimum Gasteiger partial charge on any atom is -0.0876 e. The van der Waals surface area contributed by atoms with Crippen molar-refractivity contribution in [2.45, 2.75) is 5.33 Å². The number of hydrogen-bond donors (Lipinski definition) is 0. The summed E-state index contributed by atoms with van der Waals surface area (Å²) in [4.78, 5) is 0. The molecule has 92 valence electrons. The molecule has 0 aliphatic carbocycles. The van der Waals surface area contributed by atoms with Crippen molar-refractivity contribution in [3.63, 3.8) is 0 Å². The van der Waals surface area contributed by atoms with Crippen LogP contribution in [0.1, 0.15) is 16.7 Å². The van der Waals surface area contributed by atoms with Crippen LogP contribution in [0.4, 0.5) is 0 Å². The quantitative estimate of drug-likeness (QED) is 0.470. The molecule has 0 aliphatic heterocycles. The van der Waals surface area contributed by atoms with Gasteiger partial charge in [-0.1, -0.05) is 81.6 Å². The molecule has 0 saturated heterocycles. The van der Waals surface area contributed by atoms with Crippen molar-refractivity contribution >= 4 is 51.3 Å². The van der Waals surface area contributed by atoms with Crippen LogP contribution in [0.5, 0.6) is 0 Å². The first-order chi connectivity index (χ1) is 8.69. The normalized spacial score (nSPS) is 11.1. The molecule has 0 radical (unpaired) electrons. The fourth-order valence-electron chi connectivity index (χ4n) is 1.54. The predicted molar refractivity (Wildman–Crippen MR) is 84.5 cm³/mol. The Morgan fingerprint density at radius 2 is 1.67 bits per heavy atom. The summed E-state index contributed by atoms with van der Waals surface area (Å²) in [6.07, 6.45) is 4.02. The molecule has 0 fully saturated rings. The van der Waals surface area contributed by atoms with Gasteiger partial charge < -0.3 is 0 Å². The molecule has 0 spiro atoms. The van der Waals surface area contributed by atoms with E-state index in [1.54, 1.807) is 6.07 Å². The Bertz CT molecular complexity index is 559. The zero-order chi connectivity index (χ0) is 13.0. The lowest BCUT2D eigenvalue weighted by Gasteiger charge is -2.00. The SMILES string of the molecule is Clc1ccc(/C=C/c2ccc(CBr)cc2)c(Cl)c1. The molecule has 0 amide bonds. The minimum absolute atomic E-state index is 0.652. The van der Waals surface area contributed by atoms with Gasteiger partial charge in [0.2, 0.25) is 0 Å². The lowest BCUT2D eigenvalue weighted by atomic mass is 10.1. The standard InChI is InChI=1S/C15H11BrCl2/c16-10-12-3-1-11(2-4-12)5-6-13-7-8-14(17)9-15(13)18/h1-9H,10H2/b6-5+. The van der Waals surface area contributed by atoms with E-state index in [4.69, 9.17) is 23.2 Å². The van der Waals surface area contributed by atoms with Crippen molar-refractivity contribution in [2.24, 2.45) is 0 Å². The Balaban J connectivity index is 2.19. The van der Waals surface area contributed by atoms with Crippen molar-refractivity contribution < 1.29 is 0 Å². The maximum atomic E-state index is 6.10. The van der Waals surface area contributed by atoms with Gasteiger partial charge in [-0.25, -0.2) is 0 Å². The monoisotopic (exact) mass is 340 g/mol.